The van der Waals surface area contributed by atoms with Crippen molar-refractivity contribution in [2.75, 3.05) is 26.2 Å². The summed E-state index contributed by atoms with van der Waals surface area (Å²) < 4.78 is 0. The van der Waals surface area contributed by atoms with Crippen molar-refractivity contribution in [2.45, 2.75) is 32.1 Å². The Bertz CT molecular complexity index is 408. The average Bonchev–Trinajstić information content (AvgIpc) is 2.93. The van der Waals surface area contributed by atoms with Crippen molar-refractivity contribution in [3.8, 4) is 0 Å². The van der Waals surface area contributed by atoms with Gasteiger partial charge in [-0.1, -0.05) is 44.2 Å². The van der Waals surface area contributed by atoms with Crippen LogP contribution in [-0.4, -0.2) is 37.0 Å². The molecule has 1 aliphatic rings. The van der Waals surface area contributed by atoms with Crippen LogP contribution < -0.4 is 5.32 Å². The zero-order chi connectivity index (χ0) is 13.7. The Morgan fingerprint density at radius 1 is 1.21 bits per heavy atom. The van der Waals surface area contributed by atoms with Crippen molar-refractivity contribution in [2.24, 2.45) is 0 Å². The molecule has 3 nitrogen and oxygen atoms in total. The molecule has 2 rings (SSSR count). The van der Waals surface area contributed by atoms with Crippen LogP contribution in [0.2, 0.25) is 0 Å². The van der Waals surface area contributed by atoms with E-state index in [-0.39, 0.29) is 11.3 Å². The molecule has 1 heterocycles. The van der Waals surface area contributed by atoms with Gasteiger partial charge in [-0.2, -0.15) is 0 Å². The Balaban J connectivity index is 1.80. The first-order chi connectivity index (χ1) is 9.09. The number of hydrogen-bond donors (Lipinski definition) is 1. The van der Waals surface area contributed by atoms with Gasteiger partial charge in [-0.15, -0.1) is 0 Å². The summed E-state index contributed by atoms with van der Waals surface area (Å²) in [4.78, 5) is 13.9. The normalized spacial score (nSPS) is 15.8. The number of amides is 1. The molecule has 1 aromatic rings. The van der Waals surface area contributed by atoms with Crippen molar-refractivity contribution in [1.29, 1.82) is 0 Å². The second kappa shape index (κ2) is 6.20. The lowest BCUT2D eigenvalue weighted by molar-refractivity contribution is -0.129. The molecule has 1 aromatic carbocycles. The summed E-state index contributed by atoms with van der Waals surface area (Å²) in [5, 5.41) is 3.31. The lowest BCUT2D eigenvalue weighted by atomic mass is 9.84. The van der Waals surface area contributed by atoms with Crippen molar-refractivity contribution >= 4 is 5.91 Å². The van der Waals surface area contributed by atoms with Gasteiger partial charge in [0.05, 0.1) is 6.54 Å². The van der Waals surface area contributed by atoms with Crippen molar-refractivity contribution in [3.63, 3.8) is 0 Å². The van der Waals surface area contributed by atoms with E-state index in [1.807, 2.05) is 11.0 Å². The van der Waals surface area contributed by atoms with Gasteiger partial charge in [0.1, 0.15) is 0 Å². The first-order valence-corrected chi connectivity index (χ1v) is 7.14. The third kappa shape index (κ3) is 3.80. The molecule has 3 heteroatoms. The number of likely N-dealkylation sites (tertiary alicyclic amines) is 1. The van der Waals surface area contributed by atoms with E-state index in [0.717, 1.165) is 32.5 Å². The van der Waals surface area contributed by atoms with E-state index >= 15 is 0 Å². The van der Waals surface area contributed by atoms with Crippen molar-refractivity contribution in [3.05, 3.63) is 35.9 Å². The van der Waals surface area contributed by atoms with Crippen LogP contribution in [0.15, 0.2) is 30.3 Å². The number of hydrogen-bond acceptors (Lipinski definition) is 2. The van der Waals surface area contributed by atoms with Crippen LogP contribution >= 0.6 is 0 Å². The molecular formula is C16H24N2O. The molecule has 19 heavy (non-hydrogen) atoms. The first kappa shape index (κ1) is 14.1. The Hall–Kier alpha value is -1.35. The topological polar surface area (TPSA) is 32.3 Å². The molecule has 1 amide bonds. The summed E-state index contributed by atoms with van der Waals surface area (Å²) in [6.07, 6.45) is 2.31. The number of nitrogens with zero attached hydrogens (tertiary/aromatic N) is 1. The summed E-state index contributed by atoms with van der Waals surface area (Å²) >= 11 is 0. The zero-order valence-electron chi connectivity index (χ0n) is 12.0. The van der Waals surface area contributed by atoms with Gasteiger partial charge in [-0.05, 0) is 18.4 Å². The molecule has 0 unspecified atom stereocenters. The maximum Gasteiger partial charge on any atom is 0.236 e. The summed E-state index contributed by atoms with van der Waals surface area (Å²) in [6.45, 7) is 7.55. The lowest BCUT2D eigenvalue weighted by Crippen LogP contribution is -2.40. The second-order valence-corrected chi connectivity index (χ2v) is 5.94. The molecule has 0 aromatic heterocycles. The maximum absolute atomic E-state index is 11.9. The van der Waals surface area contributed by atoms with Gasteiger partial charge < -0.3 is 10.2 Å². The van der Waals surface area contributed by atoms with Crippen LogP contribution in [0.3, 0.4) is 0 Å². The molecule has 0 spiro atoms. The number of rotatable bonds is 5. The van der Waals surface area contributed by atoms with Gasteiger partial charge in [-0.25, -0.2) is 0 Å². The van der Waals surface area contributed by atoms with Crippen molar-refractivity contribution in [1.82, 2.24) is 10.2 Å². The molecule has 104 valence electrons. The minimum atomic E-state index is 0.0482. The summed E-state index contributed by atoms with van der Waals surface area (Å²) in [7, 11) is 0. The fraction of sp³-hybridized carbons (Fsp3) is 0.562. The first-order valence-electron chi connectivity index (χ1n) is 7.14. The van der Waals surface area contributed by atoms with Gasteiger partial charge in [-0.3, -0.25) is 4.79 Å². The highest BCUT2D eigenvalue weighted by molar-refractivity contribution is 5.78. The largest absolute Gasteiger partial charge is 0.342 e. The number of nitrogens with one attached hydrogen (secondary N) is 1. The van der Waals surface area contributed by atoms with Crippen LogP contribution in [0.4, 0.5) is 0 Å². The molecule has 1 aliphatic heterocycles. The minimum Gasteiger partial charge on any atom is -0.342 e. The molecule has 0 aliphatic carbocycles. The van der Waals surface area contributed by atoms with Crippen LogP contribution in [-0.2, 0) is 10.2 Å². The Kier molecular flexibility index (Phi) is 4.59. The second-order valence-electron chi connectivity index (χ2n) is 5.94. The average molecular weight is 260 g/mol. The SMILES string of the molecule is CC(C)(CNCC(=O)N1CCCC1)c1ccccc1. The molecule has 0 atom stereocenters. The van der Waals surface area contributed by atoms with Gasteiger partial charge in [0.15, 0.2) is 0 Å². The van der Waals surface area contributed by atoms with Crippen molar-refractivity contribution < 1.29 is 4.79 Å². The molecule has 1 N–H and O–H groups in total. The van der Waals surface area contributed by atoms with E-state index in [4.69, 9.17) is 0 Å². The Morgan fingerprint density at radius 3 is 2.47 bits per heavy atom. The quantitative estimate of drug-likeness (QED) is 0.880. The number of carbonyl (C=O) groups is 1. The van der Waals surface area contributed by atoms with Gasteiger partial charge in [0, 0.05) is 25.0 Å². The number of carbonyl (C=O) groups excluding carboxylic acids is 1. The third-order valence-corrected chi connectivity index (χ3v) is 3.86. The molecule has 1 fully saturated rings. The zero-order valence-corrected chi connectivity index (χ0v) is 12.0. The predicted molar refractivity (Wildman–Crippen MR) is 78.2 cm³/mol. The molecule has 0 saturated carbocycles. The third-order valence-electron chi connectivity index (χ3n) is 3.86. The molecule has 1 saturated heterocycles. The van der Waals surface area contributed by atoms with Gasteiger partial charge in [0.25, 0.3) is 0 Å². The van der Waals surface area contributed by atoms with E-state index in [1.54, 1.807) is 0 Å². The van der Waals surface area contributed by atoms with E-state index in [0.29, 0.717) is 6.54 Å². The minimum absolute atomic E-state index is 0.0482. The summed E-state index contributed by atoms with van der Waals surface area (Å²) in [5.74, 6) is 0.237. The molecule has 0 radical (unpaired) electrons. The highest BCUT2D eigenvalue weighted by atomic mass is 16.2. The van der Waals surface area contributed by atoms with Crippen LogP contribution in [0.1, 0.15) is 32.3 Å². The van der Waals surface area contributed by atoms with Gasteiger partial charge in [0.2, 0.25) is 5.91 Å². The highest BCUT2D eigenvalue weighted by Gasteiger charge is 2.21. The van der Waals surface area contributed by atoms with E-state index in [9.17, 15) is 4.79 Å². The monoisotopic (exact) mass is 260 g/mol. The van der Waals surface area contributed by atoms with Crippen LogP contribution in [0.5, 0.6) is 0 Å². The van der Waals surface area contributed by atoms with Crippen LogP contribution in [0.25, 0.3) is 0 Å². The fourth-order valence-corrected chi connectivity index (χ4v) is 2.55. The lowest BCUT2D eigenvalue weighted by Gasteiger charge is -2.26. The van der Waals surface area contributed by atoms with E-state index in [1.165, 1.54) is 5.56 Å². The predicted octanol–water partition coefficient (Wildman–Crippen LogP) is 2.18. The summed E-state index contributed by atoms with van der Waals surface area (Å²) in [6, 6.07) is 10.4. The molecule has 0 bridgehead atoms. The standard InChI is InChI=1S/C16H24N2O/c1-16(2,14-8-4-3-5-9-14)13-17-12-15(19)18-10-6-7-11-18/h3-5,8-9,17H,6-7,10-13H2,1-2H3. The highest BCUT2D eigenvalue weighted by Crippen LogP contribution is 2.21. The van der Waals surface area contributed by atoms with Crippen LogP contribution in [0, 0.1) is 0 Å². The number of benzene rings is 1. The molecular weight excluding hydrogens is 236 g/mol. The van der Waals surface area contributed by atoms with E-state index in [2.05, 4.69) is 43.4 Å². The maximum atomic E-state index is 11.9. The Morgan fingerprint density at radius 2 is 1.84 bits per heavy atom. The van der Waals surface area contributed by atoms with E-state index < -0.39 is 0 Å². The smallest absolute Gasteiger partial charge is 0.236 e. The van der Waals surface area contributed by atoms with Gasteiger partial charge >= 0.3 is 0 Å². The fourth-order valence-electron chi connectivity index (χ4n) is 2.55. The summed E-state index contributed by atoms with van der Waals surface area (Å²) in [5.41, 5.74) is 1.35. The Labute approximate surface area is 116 Å².